The van der Waals surface area contributed by atoms with E-state index < -0.39 is 21.9 Å². The van der Waals surface area contributed by atoms with E-state index in [1.165, 1.54) is 4.31 Å². The van der Waals surface area contributed by atoms with Gasteiger partial charge >= 0.3 is 16.2 Å². The Hall–Kier alpha value is -0.820. The van der Waals surface area contributed by atoms with Crippen molar-refractivity contribution in [3.63, 3.8) is 0 Å². The molecule has 3 fully saturated rings. The van der Waals surface area contributed by atoms with E-state index >= 15 is 0 Å². The van der Waals surface area contributed by atoms with E-state index in [1.807, 2.05) is 0 Å². The van der Waals surface area contributed by atoms with Crippen LogP contribution < -0.4 is 4.72 Å². The van der Waals surface area contributed by atoms with Gasteiger partial charge < -0.3 is 4.90 Å². The maximum atomic E-state index is 12.0. The summed E-state index contributed by atoms with van der Waals surface area (Å²) in [5.74, 6) is 0. The van der Waals surface area contributed by atoms with Crippen LogP contribution in [0.25, 0.3) is 0 Å². The van der Waals surface area contributed by atoms with Gasteiger partial charge in [0.05, 0.1) is 0 Å². The molecule has 0 saturated carbocycles. The summed E-state index contributed by atoms with van der Waals surface area (Å²) in [6, 6.07) is -0.442. The van der Waals surface area contributed by atoms with Crippen LogP contribution in [0.4, 0.5) is 4.79 Å². The van der Waals surface area contributed by atoms with Crippen molar-refractivity contribution in [2.24, 2.45) is 0 Å². The number of nitrogens with zero attached hydrogens (tertiary/aromatic N) is 2. The molecule has 3 aliphatic rings. The molecule has 0 radical (unpaired) electrons. The minimum Gasteiger partial charge on any atom is -0.304 e. The standard InChI is InChI=1S/C10H17N3O3S/c14-9-11-17(15,16)13-8-4-2-6-10(13)5-1-3-7-12(9)10/h1-8H2,(H,11,14)/t10-/m1/s1. The fourth-order valence-electron chi connectivity index (χ4n) is 3.39. The predicted octanol–water partition coefficient (Wildman–Crippen LogP) is 0.622. The first-order chi connectivity index (χ1) is 8.06. The molecule has 7 heteroatoms. The monoisotopic (exact) mass is 259 g/mol. The number of amides is 2. The number of nitrogens with one attached hydrogen (secondary N) is 1. The quantitative estimate of drug-likeness (QED) is 0.693. The minimum atomic E-state index is -3.62. The van der Waals surface area contributed by atoms with Crippen molar-refractivity contribution < 1.29 is 13.2 Å². The number of hydrogen-bond donors (Lipinski definition) is 1. The number of hydrogen-bond acceptors (Lipinski definition) is 3. The van der Waals surface area contributed by atoms with Gasteiger partial charge in [0.25, 0.3) is 0 Å². The molecule has 1 N–H and O–H groups in total. The van der Waals surface area contributed by atoms with E-state index in [-0.39, 0.29) is 0 Å². The van der Waals surface area contributed by atoms with Crippen LogP contribution in [-0.2, 0) is 10.2 Å². The lowest BCUT2D eigenvalue weighted by Gasteiger charge is -2.56. The number of urea groups is 1. The SMILES string of the molecule is O=C1NS(=O)(=O)N2CCCC[C@@]23CCCCN13. The summed E-state index contributed by atoms with van der Waals surface area (Å²) in [4.78, 5) is 13.6. The van der Waals surface area contributed by atoms with E-state index in [1.54, 1.807) is 4.90 Å². The Morgan fingerprint density at radius 2 is 1.71 bits per heavy atom. The molecular formula is C10H17N3O3S. The Balaban J connectivity index is 2.08. The van der Waals surface area contributed by atoms with Crippen LogP contribution in [0.3, 0.4) is 0 Å². The van der Waals surface area contributed by atoms with E-state index in [9.17, 15) is 13.2 Å². The molecule has 96 valence electrons. The zero-order valence-electron chi connectivity index (χ0n) is 9.68. The van der Waals surface area contributed by atoms with Crippen LogP contribution in [0.5, 0.6) is 0 Å². The predicted molar refractivity (Wildman–Crippen MR) is 61.3 cm³/mol. The summed E-state index contributed by atoms with van der Waals surface area (Å²) in [5, 5.41) is 0. The Bertz CT molecular complexity index is 444. The molecule has 6 nitrogen and oxygen atoms in total. The molecule has 3 aliphatic heterocycles. The summed E-state index contributed by atoms with van der Waals surface area (Å²) in [5.41, 5.74) is -0.558. The largest absolute Gasteiger partial charge is 0.333 e. The summed E-state index contributed by atoms with van der Waals surface area (Å²) >= 11 is 0. The van der Waals surface area contributed by atoms with Crippen molar-refractivity contribution in [1.82, 2.24) is 13.9 Å². The Labute approximate surface area is 101 Å². The maximum absolute atomic E-state index is 12.0. The van der Waals surface area contributed by atoms with Crippen LogP contribution in [0.1, 0.15) is 38.5 Å². The second-order valence-electron chi connectivity index (χ2n) is 5.03. The summed E-state index contributed by atoms with van der Waals surface area (Å²) in [7, 11) is -3.62. The molecule has 1 spiro atoms. The van der Waals surface area contributed by atoms with E-state index in [0.29, 0.717) is 13.1 Å². The van der Waals surface area contributed by atoms with Crippen LogP contribution in [0.15, 0.2) is 0 Å². The van der Waals surface area contributed by atoms with Gasteiger partial charge in [-0.15, -0.1) is 0 Å². The first-order valence-corrected chi connectivity index (χ1v) is 7.62. The Kier molecular flexibility index (Phi) is 2.38. The van der Waals surface area contributed by atoms with Crippen molar-refractivity contribution >= 4 is 16.2 Å². The lowest BCUT2D eigenvalue weighted by atomic mass is 9.87. The summed E-state index contributed by atoms with van der Waals surface area (Å²) in [6.07, 6.45) is 5.39. The van der Waals surface area contributed by atoms with Crippen molar-refractivity contribution in [3.05, 3.63) is 0 Å². The van der Waals surface area contributed by atoms with Crippen molar-refractivity contribution in [3.8, 4) is 0 Å². The van der Waals surface area contributed by atoms with Gasteiger partial charge in [-0.1, -0.05) is 0 Å². The first-order valence-electron chi connectivity index (χ1n) is 6.18. The third-order valence-electron chi connectivity index (χ3n) is 4.12. The molecule has 2 amide bonds. The number of rotatable bonds is 0. The van der Waals surface area contributed by atoms with Gasteiger partial charge in [0.2, 0.25) is 0 Å². The molecular weight excluding hydrogens is 242 g/mol. The molecule has 3 heterocycles. The highest BCUT2D eigenvalue weighted by atomic mass is 32.2. The first kappa shape index (κ1) is 11.3. The van der Waals surface area contributed by atoms with Gasteiger partial charge in [0.1, 0.15) is 5.66 Å². The molecule has 17 heavy (non-hydrogen) atoms. The second kappa shape index (κ2) is 3.58. The molecule has 0 aromatic carbocycles. The van der Waals surface area contributed by atoms with Gasteiger partial charge in [0.15, 0.2) is 0 Å². The van der Waals surface area contributed by atoms with Crippen LogP contribution in [0.2, 0.25) is 0 Å². The van der Waals surface area contributed by atoms with Crippen LogP contribution in [-0.4, -0.2) is 42.4 Å². The summed E-state index contributed by atoms with van der Waals surface area (Å²) in [6.45, 7) is 1.19. The number of carbonyl (C=O) groups excluding carboxylic acids is 1. The second-order valence-corrected chi connectivity index (χ2v) is 6.63. The van der Waals surface area contributed by atoms with Crippen molar-refractivity contribution in [1.29, 1.82) is 0 Å². The molecule has 0 aromatic heterocycles. The smallest absolute Gasteiger partial charge is 0.304 e. The average molecular weight is 259 g/mol. The lowest BCUT2D eigenvalue weighted by Crippen LogP contribution is -2.74. The third kappa shape index (κ3) is 1.48. The van der Waals surface area contributed by atoms with E-state index in [2.05, 4.69) is 4.72 Å². The highest BCUT2D eigenvalue weighted by Crippen LogP contribution is 2.42. The molecule has 0 bridgehead atoms. The molecule has 3 rings (SSSR count). The number of carbonyl (C=O) groups is 1. The van der Waals surface area contributed by atoms with Crippen molar-refractivity contribution in [2.45, 2.75) is 44.2 Å². The highest BCUT2D eigenvalue weighted by Gasteiger charge is 2.55. The Morgan fingerprint density at radius 3 is 2.41 bits per heavy atom. The average Bonchev–Trinajstić information content (AvgIpc) is 2.28. The molecule has 0 aliphatic carbocycles. The van der Waals surface area contributed by atoms with Gasteiger partial charge in [-0.05, 0) is 38.5 Å². The fourth-order valence-corrected chi connectivity index (χ4v) is 4.93. The molecule has 1 atom stereocenters. The molecule has 0 aromatic rings. The van der Waals surface area contributed by atoms with Crippen LogP contribution >= 0.6 is 0 Å². The maximum Gasteiger partial charge on any atom is 0.333 e. The Morgan fingerprint density at radius 1 is 1.06 bits per heavy atom. The molecule has 0 unspecified atom stereocenters. The van der Waals surface area contributed by atoms with E-state index in [0.717, 1.165) is 38.5 Å². The zero-order chi connectivity index (χ0) is 12.1. The van der Waals surface area contributed by atoms with Gasteiger partial charge in [-0.2, -0.15) is 12.7 Å². The fraction of sp³-hybridized carbons (Fsp3) is 0.900. The normalized spacial score (nSPS) is 36.9. The number of piperidine rings is 2. The topological polar surface area (TPSA) is 69.7 Å². The lowest BCUT2D eigenvalue weighted by molar-refractivity contribution is -0.0423. The third-order valence-corrected chi connectivity index (χ3v) is 5.65. The zero-order valence-corrected chi connectivity index (χ0v) is 10.5. The van der Waals surface area contributed by atoms with Gasteiger partial charge in [-0.25, -0.2) is 9.52 Å². The molecule has 3 saturated heterocycles. The minimum absolute atomic E-state index is 0.442. The van der Waals surface area contributed by atoms with Crippen LogP contribution in [0, 0.1) is 0 Å². The summed E-state index contributed by atoms with van der Waals surface area (Å²) < 4.78 is 27.7. The van der Waals surface area contributed by atoms with Gasteiger partial charge in [0, 0.05) is 13.1 Å². The van der Waals surface area contributed by atoms with E-state index in [4.69, 9.17) is 0 Å². The van der Waals surface area contributed by atoms with Crippen molar-refractivity contribution in [2.75, 3.05) is 13.1 Å². The van der Waals surface area contributed by atoms with Gasteiger partial charge in [-0.3, -0.25) is 0 Å². The highest BCUT2D eigenvalue weighted by molar-refractivity contribution is 7.87.